The lowest BCUT2D eigenvalue weighted by atomic mass is 10.0. The largest absolute Gasteiger partial charge is 0.370 e. The summed E-state index contributed by atoms with van der Waals surface area (Å²) in [6, 6.07) is 0. The second kappa shape index (κ2) is 12.0. The highest BCUT2D eigenvalue weighted by Crippen LogP contribution is 2.52. The third-order valence-corrected chi connectivity index (χ3v) is 7.24. The van der Waals surface area contributed by atoms with Crippen LogP contribution in [-0.2, 0) is 4.57 Å². The summed E-state index contributed by atoms with van der Waals surface area (Å²) in [7, 11) is -2.66. The predicted molar refractivity (Wildman–Crippen MR) is 99.8 cm³/mol. The van der Waals surface area contributed by atoms with Crippen molar-refractivity contribution in [3.8, 4) is 0 Å². The van der Waals surface area contributed by atoms with E-state index in [1.54, 1.807) is 0 Å². The maximum Gasteiger partial charge on any atom is 0.194 e. The van der Waals surface area contributed by atoms with Crippen molar-refractivity contribution in [3.05, 3.63) is 0 Å². The monoisotopic (exact) mass is 331 g/mol. The summed E-state index contributed by atoms with van der Waals surface area (Å²) in [6.45, 7) is 8.74. The van der Waals surface area contributed by atoms with E-state index in [0.717, 1.165) is 25.7 Å². The molecule has 0 radical (unpaired) electrons. The van der Waals surface area contributed by atoms with Crippen LogP contribution < -0.4 is 11.5 Å². The van der Waals surface area contributed by atoms with E-state index in [9.17, 15) is 4.57 Å². The van der Waals surface area contributed by atoms with Crippen LogP contribution >= 0.6 is 7.29 Å². The Hall–Kier alpha value is -0.500. The normalized spacial score (nSPS) is 16.7. The van der Waals surface area contributed by atoms with Gasteiger partial charge in [-0.15, -0.1) is 0 Å². The molecule has 0 aliphatic rings. The topological polar surface area (TPSA) is 81.5 Å². The SMILES string of the molecule is CCCCC(CC)CP(=O)(CC(CC)CCCC)N=C(N)N. The first-order valence-electron chi connectivity index (χ1n) is 9.09. The molecule has 4 nitrogen and oxygen atoms in total. The number of unbranched alkanes of at least 4 members (excludes halogenated alkanes) is 2. The highest BCUT2D eigenvalue weighted by molar-refractivity contribution is 7.62. The molecule has 0 bridgehead atoms. The predicted octanol–water partition coefficient (Wildman–Crippen LogP) is 4.97. The van der Waals surface area contributed by atoms with Crippen LogP contribution in [0.25, 0.3) is 0 Å². The molecule has 0 aliphatic carbocycles. The first-order chi connectivity index (χ1) is 10.4. The lowest BCUT2D eigenvalue weighted by Crippen LogP contribution is -2.24. The molecular formula is C17H38N3OP. The molecule has 132 valence electrons. The molecule has 0 saturated carbocycles. The zero-order valence-corrected chi connectivity index (χ0v) is 16.1. The van der Waals surface area contributed by atoms with E-state index in [2.05, 4.69) is 32.5 Å². The Morgan fingerprint density at radius 2 is 1.32 bits per heavy atom. The van der Waals surface area contributed by atoms with E-state index in [0.29, 0.717) is 24.2 Å². The minimum atomic E-state index is -2.66. The molecule has 0 aromatic rings. The van der Waals surface area contributed by atoms with Gasteiger partial charge in [0.05, 0.1) is 0 Å². The lowest BCUT2D eigenvalue weighted by Gasteiger charge is -2.24. The van der Waals surface area contributed by atoms with E-state index in [4.69, 9.17) is 11.5 Å². The van der Waals surface area contributed by atoms with Crippen LogP contribution in [0.2, 0.25) is 0 Å². The Labute approximate surface area is 137 Å². The van der Waals surface area contributed by atoms with Crippen LogP contribution in [0.15, 0.2) is 4.76 Å². The Kier molecular flexibility index (Phi) is 11.7. The van der Waals surface area contributed by atoms with Crippen LogP contribution in [0.1, 0.15) is 79.1 Å². The summed E-state index contributed by atoms with van der Waals surface area (Å²) >= 11 is 0. The molecule has 0 heterocycles. The third kappa shape index (κ3) is 9.50. The molecule has 2 atom stereocenters. The van der Waals surface area contributed by atoms with Crippen LogP contribution in [0.5, 0.6) is 0 Å². The minimum Gasteiger partial charge on any atom is -0.370 e. The molecule has 0 aromatic carbocycles. The van der Waals surface area contributed by atoms with Crippen molar-refractivity contribution in [2.45, 2.75) is 79.1 Å². The van der Waals surface area contributed by atoms with E-state index in [1.165, 1.54) is 25.7 Å². The molecule has 0 aromatic heterocycles. The van der Waals surface area contributed by atoms with Crippen molar-refractivity contribution >= 4 is 13.3 Å². The molecule has 0 fully saturated rings. The second-order valence-electron chi connectivity index (χ2n) is 6.57. The van der Waals surface area contributed by atoms with Gasteiger partial charge in [-0.2, -0.15) is 4.76 Å². The molecule has 0 aliphatic heterocycles. The Bertz CT molecular complexity index is 332. The molecule has 22 heavy (non-hydrogen) atoms. The number of nitrogens with two attached hydrogens (primary N) is 2. The van der Waals surface area contributed by atoms with Gasteiger partial charge in [-0.25, -0.2) is 0 Å². The smallest absolute Gasteiger partial charge is 0.194 e. The van der Waals surface area contributed by atoms with E-state index in [1.807, 2.05) is 0 Å². The Morgan fingerprint density at radius 1 is 0.909 bits per heavy atom. The minimum absolute atomic E-state index is 0.0148. The van der Waals surface area contributed by atoms with Gasteiger partial charge >= 0.3 is 0 Å². The fourth-order valence-electron chi connectivity index (χ4n) is 3.01. The van der Waals surface area contributed by atoms with Crippen molar-refractivity contribution in [3.63, 3.8) is 0 Å². The fourth-order valence-corrected chi connectivity index (χ4v) is 6.24. The first kappa shape index (κ1) is 21.5. The zero-order chi connectivity index (χ0) is 17.0. The maximum atomic E-state index is 13.3. The summed E-state index contributed by atoms with van der Waals surface area (Å²) in [5.41, 5.74) is 11.1. The van der Waals surface area contributed by atoms with Gasteiger partial charge < -0.3 is 11.5 Å². The summed E-state index contributed by atoms with van der Waals surface area (Å²) in [6.07, 6.45) is 10.4. The molecule has 0 spiro atoms. The number of nitrogens with zero attached hydrogens (tertiary/aromatic N) is 1. The van der Waals surface area contributed by atoms with Gasteiger partial charge in [0, 0.05) is 12.3 Å². The average molecular weight is 331 g/mol. The lowest BCUT2D eigenvalue weighted by molar-refractivity contribution is 0.463. The van der Waals surface area contributed by atoms with Crippen molar-refractivity contribution in [1.82, 2.24) is 0 Å². The van der Waals surface area contributed by atoms with E-state index in [-0.39, 0.29) is 5.96 Å². The van der Waals surface area contributed by atoms with Crippen molar-refractivity contribution in [2.75, 3.05) is 12.3 Å². The summed E-state index contributed by atoms with van der Waals surface area (Å²) < 4.78 is 17.6. The molecule has 5 heteroatoms. The second-order valence-corrected chi connectivity index (χ2v) is 9.19. The molecule has 2 unspecified atom stereocenters. The maximum absolute atomic E-state index is 13.3. The van der Waals surface area contributed by atoms with Crippen LogP contribution in [0.4, 0.5) is 0 Å². The zero-order valence-electron chi connectivity index (χ0n) is 15.2. The summed E-state index contributed by atoms with van der Waals surface area (Å²) in [4.78, 5) is 0. The number of rotatable bonds is 13. The number of hydrogen-bond donors (Lipinski definition) is 2. The quantitative estimate of drug-likeness (QED) is 0.284. The molecule has 0 amide bonds. The average Bonchev–Trinajstić information content (AvgIpc) is 2.47. The van der Waals surface area contributed by atoms with Gasteiger partial charge in [0.25, 0.3) is 0 Å². The van der Waals surface area contributed by atoms with Crippen LogP contribution in [0.3, 0.4) is 0 Å². The number of guanidine groups is 1. The van der Waals surface area contributed by atoms with Crippen molar-refractivity contribution in [2.24, 2.45) is 28.1 Å². The summed E-state index contributed by atoms with van der Waals surface area (Å²) in [5.74, 6) is 0.925. The van der Waals surface area contributed by atoms with Gasteiger partial charge in [0.15, 0.2) is 13.3 Å². The molecule has 4 N–H and O–H groups in total. The van der Waals surface area contributed by atoms with E-state index < -0.39 is 7.29 Å². The number of hydrogen-bond acceptors (Lipinski definition) is 1. The molecular weight excluding hydrogens is 293 g/mol. The standard InChI is InChI=1S/C17H38N3OP/c1-5-9-11-15(7-3)13-22(21,20-17(18)19)14-16(8-4)12-10-6-2/h15-16H,5-14H2,1-4H3,(H4,18,19,20,21). The van der Waals surface area contributed by atoms with Gasteiger partial charge in [0.2, 0.25) is 0 Å². The highest BCUT2D eigenvalue weighted by atomic mass is 31.2. The van der Waals surface area contributed by atoms with E-state index >= 15 is 0 Å². The van der Waals surface area contributed by atoms with Crippen LogP contribution in [-0.4, -0.2) is 18.3 Å². The molecule has 0 rings (SSSR count). The Balaban J connectivity index is 4.96. The van der Waals surface area contributed by atoms with Gasteiger partial charge in [-0.1, -0.05) is 66.2 Å². The fraction of sp³-hybridized carbons (Fsp3) is 0.941. The van der Waals surface area contributed by atoms with Gasteiger partial charge in [-0.05, 0) is 24.7 Å². The third-order valence-electron chi connectivity index (χ3n) is 4.47. The van der Waals surface area contributed by atoms with Gasteiger partial charge in [0.1, 0.15) is 0 Å². The summed E-state index contributed by atoms with van der Waals surface area (Å²) in [5, 5.41) is 0. The first-order valence-corrected chi connectivity index (χ1v) is 11.1. The van der Waals surface area contributed by atoms with Crippen molar-refractivity contribution < 1.29 is 4.57 Å². The highest BCUT2D eigenvalue weighted by Gasteiger charge is 2.28. The Morgan fingerprint density at radius 3 is 1.59 bits per heavy atom. The molecule has 0 saturated heterocycles. The van der Waals surface area contributed by atoms with Crippen molar-refractivity contribution in [1.29, 1.82) is 0 Å². The van der Waals surface area contributed by atoms with Gasteiger partial charge in [-0.3, -0.25) is 4.57 Å². The van der Waals surface area contributed by atoms with Crippen LogP contribution in [0, 0.1) is 11.8 Å².